The largest absolute Gasteiger partial charge is 0.365 e. The van der Waals surface area contributed by atoms with Crippen LogP contribution >= 0.6 is 0 Å². The molecule has 1 amide bonds. The number of benzene rings is 1. The number of piperidine rings is 2. The first-order chi connectivity index (χ1) is 20.6. The highest BCUT2D eigenvalue weighted by Gasteiger charge is 2.31. The zero-order valence-corrected chi connectivity index (χ0v) is 25.5. The van der Waals surface area contributed by atoms with Crippen LogP contribution in [0.25, 0.3) is 11.2 Å². The van der Waals surface area contributed by atoms with Crippen LogP contribution in [0.15, 0.2) is 36.7 Å². The van der Waals surface area contributed by atoms with Crippen molar-refractivity contribution in [1.29, 1.82) is 0 Å². The lowest BCUT2D eigenvalue weighted by molar-refractivity contribution is -0.135. The fraction of sp³-hybridized carbons (Fsp3) is 0.636. The molecule has 1 N–H and O–H groups in total. The highest BCUT2D eigenvalue weighted by atomic mass is 16.2. The number of carbonyl (C=O) groups is 1. The quantitative estimate of drug-likeness (QED) is 0.363. The van der Waals surface area contributed by atoms with Gasteiger partial charge in [0, 0.05) is 57.9 Å². The van der Waals surface area contributed by atoms with Crippen molar-refractivity contribution in [3.05, 3.63) is 42.2 Å². The van der Waals surface area contributed by atoms with Crippen molar-refractivity contribution in [2.75, 3.05) is 49.5 Å². The molecule has 9 nitrogen and oxygen atoms in total. The monoisotopic (exact) mass is 572 g/mol. The van der Waals surface area contributed by atoms with E-state index in [1.807, 2.05) is 11.2 Å². The maximum Gasteiger partial charge on any atom is 0.229 e. The first kappa shape index (κ1) is 28.9. The Hall–Kier alpha value is -3.20. The van der Waals surface area contributed by atoms with Crippen LogP contribution < -0.4 is 10.2 Å². The summed E-state index contributed by atoms with van der Waals surface area (Å²) in [6, 6.07) is 11.6. The highest BCUT2D eigenvalue weighted by Crippen LogP contribution is 2.34. The zero-order valence-electron chi connectivity index (χ0n) is 25.5. The number of hydrogen-bond acceptors (Lipinski definition) is 7. The van der Waals surface area contributed by atoms with Gasteiger partial charge in [0.1, 0.15) is 0 Å². The van der Waals surface area contributed by atoms with E-state index >= 15 is 0 Å². The topological polar surface area (TPSA) is 82.4 Å². The Morgan fingerprint density at radius 2 is 1.69 bits per heavy atom. The van der Waals surface area contributed by atoms with Crippen molar-refractivity contribution < 1.29 is 4.79 Å². The number of nitrogens with zero attached hydrogens (tertiary/aromatic N) is 7. The van der Waals surface area contributed by atoms with Gasteiger partial charge < -0.3 is 19.7 Å². The van der Waals surface area contributed by atoms with Crippen LogP contribution in [0.1, 0.15) is 83.2 Å². The third-order valence-corrected chi connectivity index (χ3v) is 9.68. The molecule has 2 aromatic heterocycles. The third-order valence-electron chi connectivity index (χ3n) is 9.68. The number of amides is 1. The van der Waals surface area contributed by atoms with Crippen molar-refractivity contribution in [1.82, 2.24) is 29.3 Å². The minimum absolute atomic E-state index is 0.00782. The van der Waals surface area contributed by atoms with E-state index in [4.69, 9.17) is 15.0 Å². The number of hydrogen-bond donors (Lipinski definition) is 1. The second kappa shape index (κ2) is 13.4. The van der Waals surface area contributed by atoms with Gasteiger partial charge in [0.05, 0.1) is 12.2 Å². The van der Waals surface area contributed by atoms with Crippen LogP contribution in [0.3, 0.4) is 0 Å². The summed E-state index contributed by atoms with van der Waals surface area (Å²) in [4.78, 5) is 35.2. The third kappa shape index (κ3) is 6.41. The van der Waals surface area contributed by atoms with Crippen molar-refractivity contribution >= 4 is 28.8 Å². The Labute approximate surface area is 250 Å². The highest BCUT2D eigenvalue weighted by molar-refractivity contribution is 5.85. The van der Waals surface area contributed by atoms with E-state index < -0.39 is 0 Å². The summed E-state index contributed by atoms with van der Waals surface area (Å²) in [5.74, 6) is 1.84. The van der Waals surface area contributed by atoms with E-state index in [1.165, 1.54) is 37.7 Å². The predicted molar refractivity (Wildman–Crippen MR) is 169 cm³/mol. The maximum atomic E-state index is 13.3. The Morgan fingerprint density at radius 3 is 2.43 bits per heavy atom. The lowest BCUT2D eigenvalue weighted by atomic mass is 9.95. The Morgan fingerprint density at radius 1 is 0.929 bits per heavy atom. The SMILES string of the molecule is CCN(CC)C(=O)C1CCCN(c2nc(NC3CCN(Cc4ccccc4)CC3)c3ncn(C4CCCCC4)c3n2)C1. The Bertz CT molecular complexity index is 1310. The summed E-state index contributed by atoms with van der Waals surface area (Å²) in [6.45, 7) is 10.3. The summed E-state index contributed by atoms with van der Waals surface area (Å²) < 4.78 is 2.32. The van der Waals surface area contributed by atoms with Gasteiger partial charge in [-0.05, 0) is 57.9 Å². The summed E-state index contributed by atoms with van der Waals surface area (Å²) >= 11 is 0. The van der Waals surface area contributed by atoms with Crippen LogP contribution in [0.2, 0.25) is 0 Å². The Balaban J connectivity index is 1.23. The molecule has 2 saturated heterocycles. The number of imidazole rings is 1. The van der Waals surface area contributed by atoms with Crippen molar-refractivity contribution in [2.24, 2.45) is 5.92 Å². The van der Waals surface area contributed by atoms with Gasteiger partial charge in [0.2, 0.25) is 11.9 Å². The Kier molecular flexibility index (Phi) is 9.22. The molecule has 1 aromatic carbocycles. The minimum Gasteiger partial charge on any atom is -0.365 e. The predicted octanol–water partition coefficient (Wildman–Crippen LogP) is 5.49. The van der Waals surface area contributed by atoms with Gasteiger partial charge >= 0.3 is 0 Å². The van der Waals surface area contributed by atoms with Crippen molar-refractivity contribution in [3.8, 4) is 0 Å². The second-order valence-corrected chi connectivity index (χ2v) is 12.5. The van der Waals surface area contributed by atoms with Crippen molar-refractivity contribution in [2.45, 2.75) is 90.3 Å². The molecule has 1 unspecified atom stereocenters. The number of fused-ring (bicyclic) bond motifs is 1. The molecule has 3 fully saturated rings. The average Bonchev–Trinajstić information content (AvgIpc) is 3.48. The molecular formula is C33H48N8O. The summed E-state index contributed by atoms with van der Waals surface area (Å²) in [7, 11) is 0. The van der Waals surface area contributed by atoms with Gasteiger partial charge in [-0.3, -0.25) is 9.69 Å². The second-order valence-electron chi connectivity index (χ2n) is 12.5. The lowest BCUT2D eigenvalue weighted by Gasteiger charge is -2.35. The van der Waals surface area contributed by atoms with E-state index in [1.54, 1.807) is 0 Å². The molecule has 0 radical (unpaired) electrons. The molecule has 2 aliphatic heterocycles. The van der Waals surface area contributed by atoms with E-state index in [2.05, 4.69) is 63.9 Å². The van der Waals surface area contributed by atoms with Crippen LogP contribution in [-0.2, 0) is 11.3 Å². The maximum absolute atomic E-state index is 13.3. The first-order valence-corrected chi connectivity index (χ1v) is 16.4. The summed E-state index contributed by atoms with van der Waals surface area (Å²) in [5.41, 5.74) is 3.19. The fourth-order valence-corrected chi connectivity index (χ4v) is 7.20. The molecule has 0 bridgehead atoms. The van der Waals surface area contributed by atoms with Gasteiger partial charge in [-0.25, -0.2) is 4.98 Å². The van der Waals surface area contributed by atoms with Gasteiger partial charge in [0.15, 0.2) is 17.0 Å². The number of aromatic nitrogens is 4. The summed E-state index contributed by atoms with van der Waals surface area (Å²) in [5, 5.41) is 3.82. The standard InChI is InChI=1S/C33H48N8O/c1-3-39(4-2)32(42)26-14-11-19-40(23-26)33-36-30(29-31(37-33)41(24-34-29)28-15-9-6-10-16-28)35-27-17-20-38(21-18-27)22-25-12-7-5-8-13-25/h5,7-8,12-13,24,26-28H,3-4,6,9-11,14-23H2,1-2H3,(H,35,36,37). The van der Waals surface area contributed by atoms with Gasteiger partial charge in [0.25, 0.3) is 0 Å². The smallest absolute Gasteiger partial charge is 0.229 e. The minimum atomic E-state index is -0.00782. The fourth-order valence-electron chi connectivity index (χ4n) is 7.20. The molecule has 1 saturated carbocycles. The van der Waals surface area contributed by atoms with Crippen LogP contribution in [0.5, 0.6) is 0 Å². The molecule has 42 heavy (non-hydrogen) atoms. The molecule has 6 rings (SSSR count). The van der Waals surface area contributed by atoms with E-state index in [0.29, 0.717) is 18.6 Å². The van der Waals surface area contributed by atoms with E-state index in [0.717, 1.165) is 87.9 Å². The van der Waals surface area contributed by atoms with Gasteiger partial charge in [-0.1, -0.05) is 49.6 Å². The first-order valence-electron chi connectivity index (χ1n) is 16.4. The zero-order chi connectivity index (χ0) is 28.9. The molecule has 0 spiro atoms. The lowest BCUT2D eigenvalue weighted by Crippen LogP contribution is -2.45. The number of rotatable bonds is 9. The van der Waals surface area contributed by atoms with Gasteiger partial charge in [-0.2, -0.15) is 9.97 Å². The molecule has 1 atom stereocenters. The van der Waals surface area contributed by atoms with Crippen LogP contribution in [0.4, 0.5) is 11.8 Å². The van der Waals surface area contributed by atoms with Crippen LogP contribution in [0, 0.1) is 5.92 Å². The van der Waals surface area contributed by atoms with Crippen molar-refractivity contribution in [3.63, 3.8) is 0 Å². The molecule has 9 heteroatoms. The van der Waals surface area contributed by atoms with Crippen LogP contribution in [-0.4, -0.2) is 80.5 Å². The van der Waals surface area contributed by atoms with Gasteiger partial charge in [-0.15, -0.1) is 0 Å². The normalized spacial score (nSPS) is 21.1. The molecule has 3 aliphatic rings. The van der Waals surface area contributed by atoms with E-state index in [9.17, 15) is 4.79 Å². The molecule has 226 valence electrons. The molecule has 4 heterocycles. The van der Waals surface area contributed by atoms with E-state index in [-0.39, 0.29) is 11.8 Å². The number of likely N-dealkylation sites (tertiary alicyclic amines) is 1. The molecular weight excluding hydrogens is 524 g/mol. The number of anilines is 2. The molecule has 1 aliphatic carbocycles. The average molecular weight is 573 g/mol. The number of nitrogens with one attached hydrogen (secondary N) is 1. The molecule has 3 aromatic rings. The summed E-state index contributed by atoms with van der Waals surface area (Å²) in [6.07, 6.45) is 12.2. The number of carbonyl (C=O) groups excluding carboxylic acids is 1.